The topological polar surface area (TPSA) is 244 Å². The van der Waals surface area contributed by atoms with Crippen LogP contribution in [0.5, 0.6) is 11.5 Å². The van der Waals surface area contributed by atoms with Crippen molar-refractivity contribution in [2.24, 2.45) is 20.5 Å². The minimum absolute atomic E-state index is 0. The molecular formula is C32H26CoN6Na2O8S2+2. The molecule has 2 aliphatic carbocycles. The molecule has 51 heavy (non-hydrogen) atoms. The van der Waals surface area contributed by atoms with Gasteiger partial charge in [0.15, 0.2) is 0 Å². The number of aromatic hydroxyl groups is 2. The average molecular weight is 792 g/mol. The number of benzene rings is 4. The third-order valence-corrected chi connectivity index (χ3v) is 8.72. The van der Waals surface area contributed by atoms with Crippen molar-refractivity contribution in [1.29, 1.82) is 0 Å². The van der Waals surface area contributed by atoms with Gasteiger partial charge in [-0.25, -0.2) is 27.1 Å². The minimum atomic E-state index is -3.92. The van der Waals surface area contributed by atoms with Gasteiger partial charge in [0.05, 0.1) is 21.2 Å². The van der Waals surface area contributed by atoms with Crippen molar-refractivity contribution < 1.29 is 113 Å². The molecule has 253 valence electrons. The molecule has 14 nitrogen and oxygen atoms in total. The van der Waals surface area contributed by atoms with Crippen LogP contribution in [0.2, 0.25) is 0 Å². The number of nitrogens with two attached hydrogens (primary N) is 2. The summed E-state index contributed by atoms with van der Waals surface area (Å²) in [5.74, 6) is -1.05. The molecule has 0 heterocycles. The Morgan fingerprint density at radius 3 is 1.25 bits per heavy atom. The number of carbonyl (C=O) groups is 2. The molecule has 6 rings (SSSR count). The summed E-state index contributed by atoms with van der Waals surface area (Å²) in [7, 11) is -7.84. The number of hydrazone groups is 2. The molecule has 2 aliphatic rings. The first-order valence-electron chi connectivity index (χ1n) is 13.7. The molecule has 19 heteroatoms. The van der Waals surface area contributed by atoms with E-state index >= 15 is 0 Å². The molecule has 0 bridgehead atoms. The largest absolute Gasteiger partial charge is 1.00 e. The van der Waals surface area contributed by atoms with Gasteiger partial charge in [0.1, 0.15) is 22.9 Å². The van der Waals surface area contributed by atoms with E-state index in [1.807, 2.05) is 24.3 Å². The predicted molar refractivity (Wildman–Crippen MR) is 180 cm³/mol. The molecule has 0 spiro atoms. The van der Waals surface area contributed by atoms with Crippen LogP contribution < -0.4 is 80.2 Å². The van der Waals surface area contributed by atoms with Crippen LogP contribution in [0.25, 0.3) is 12.2 Å². The minimum Gasteiger partial charge on any atom is -0.506 e. The molecule has 0 saturated carbocycles. The number of fused-ring (bicyclic) bond motifs is 2. The molecule has 0 unspecified atom stereocenters. The summed E-state index contributed by atoms with van der Waals surface area (Å²) >= 11 is 0. The Morgan fingerprint density at radius 2 is 0.902 bits per heavy atom. The number of carbonyl (C=O) groups excluding carboxylic acids is 2. The van der Waals surface area contributed by atoms with E-state index in [9.17, 15) is 36.6 Å². The van der Waals surface area contributed by atoms with E-state index in [2.05, 4.69) is 21.1 Å². The van der Waals surface area contributed by atoms with Crippen molar-refractivity contribution in [2.75, 3.05) is 10.9 Å². The fourth-order valence-corrected chi connectivity index (χ4v) is 5.58. The average Bonchev–Trinajstić information content (AvgIpc) is 3.04. The van der Waals surface area contributed by atoms with Crippen LogP contribution in [0, 0.1) is 0 Å². The number of ketones is 2. The van der Waals surface area contributed by atoms with Crippen molar-refractivity contribution in [2.45, 2.75) is 9.79 Å². The van der Waals surface area contributed by atoms with Crippen LogP contribution >= 0.6 is 0 Å². The van der Waals surface area contributed by atoms with E-state index < -0.39 is 20.0 Å². The summed E-state index contributed by atoms with van der Waals surface area (Å²) in [4.78, 5) is 23.7. The third-order valence-electron chi connectivity index (χ3n) is 6.90. The van der Waals surface area contributed by atoms with E-state index in [4.69, 9.17) is 10.3 Å². The van der Waals surface area contributed by atoms with Crippen LogP contribution in [-0.4, -0.2) is 50.0 Å². The molecule has 1 radical (unpaired) electrons. The number of phenolic OH excluding ortho intramolecular Hbond substituents is 2. The number of allylic oxidation sites excluding steroid dienone is 2. The van der Waals surface area contributed by atoms with E-state index in [-0.39, 0.29) is 132 Å². The predicted octanol–water partition coefficient (Wildman–Crippen LogP) is -3.09. The molecule has 0 atom stereocenters. The van der Waals surface area contributed by atoms with Crippen LogP contribution in [0.3, 0.4) is 0 Å². The Balaban J connectivity index is 0.000000334. The van der Waals surface area contributed by atoms with Crippen LogP contribution in [-0.2, 0) is 46.4 Å². The van der Waals surface area contributed by atoms with Crippen molar-refractivity contribution in [1.82, 2.24) is 0 Å². The molecule has 0 fully saturated rings. The van der Waals surface area contributed by atoms with Gasteiger partial charge in [0, 0.05) is 27.9 Å². The molecule has 8 N–H and O–H groups in total. The Labute approximate surface area is 347 Å². The molecule has 4 aromatic rings. The molecule has 0 saturated heterocycles. The zero-order valence-corrected chi connectivity index (χ0v) is 33.6. The second kappa shape index (κ2) is 18.4. The van der Waals surface area contributed by atoms with E-state index in [1.54, 1.807) is 36.4 Å². The fraction of sp³-hybridized carbons (Fsp3) is 0. The molecule has 4 aromatic carbocycles. The number of nitrogens with one attached hydrogen (secondary N) is 2. The second-order valence-corrected chi connectivity index (χ2v) is 13.3. The summed E-state index contributed by atoms with van der Waals surface area (Å²) < 4.78 is 45.5. The van der Waals surface area contributed by atoms with Gasteiger partial charge in [-0.15, -0.1) is 0 Å². The molecular weight excluding hydrogens is 765 g/mol. The Morgan fingerprint density at radius 1 is 0.549 bits per heavy atom. The van der Waals surface area contributed by atoms with Crippen molar-refractivity contribution >= 4 is 66.6 Å². The van der Waals surface area contributed by atoms with Gasteiger partial charge in [-0.05, 0) is 59.7 Å². The van der Waals surface area contributed by atoms with Gasteiger partial charge >= 0.3 is 59.1 Å². The maximum Gasteiger partial charge on any atom is 1.00 e. The van der Waals surface area contributed by atoms with Crippen molar-refractivity contribution in [3.8, 4) is 11.5 Å². The van der Waals surface area contributed by atoms with Gasteiger partial charge in [-0.2, -0.15) is 10.2 Å². The van der Waals surface area contributed by atoms with Crippen LogP contribution in [0.4, 0.5) is 11.4 Å². The Bertz CT molecular complexity index is 2170. The maximum absolute atomic E-state index is 12.1. The number of primary sulfonamides is 2. The van der Waals surface area contributed by atoms with Crippen molar-refractivity contribution in [3.63, 3.8) is 0 Å². The second-order valence-electron chi connectivity index (χ2n) is 10.2. The number of phenols is 2. The zero-order chi connectivity index (χ0) is 34.6. The number of anilines is 2. The summed E-state index contributed by atoms with van der Waals surface area (Å²) in [5.41, 5.74) is 8.37. The quantitative estimate of drug-likeness (QED) is 0.0653. The van der Waals surface area contributed by atoms with E-state index in [0.717, 1.165) is 23.3 Å². The van der Waals surface area contributed by atoms with Gasteiger partial charge in [-0.3, -0.25) is 20.4 Å². The molecule has 0 aliphatic heterocycles. The number of hydrogen-bond donors (Lipinski definition) is 6. The first-order valence-corrected chi connectivity index (χ1v) is 16.8. The summed E-state index contributed by atoms with van der Waals surface area (Å²) in [6, 6.07) is 21.4. The number of sulfonamides is 2. The molecule has 0 aromatic heterocycles. The standard InChI is InChI=1S/2C16H13N3O4S.Co.2Na/c2*17-24(22,23)11-6-8-14(20)13(9-11)18-19-16-12-4-2-1-3-10(12)5-7-15(16)21;;;/h2*1-9,18,20H,(H2,17,22,23);;;/q;;;2*+1/b2*19-16-;;;. The number of rotatable bonds is 6. The smallest absolute Gasteiger partial charge is 0.506 e. The Kier molecular flexibility index (Phi) is 15.7. The summed E-state index contributed by atoms with van der Waals surface area (Å²) in [6.07, 6.45) is 6.17. The van der Waals surface area contributed by atoms with Crippen LogP contribution in [0.1, 0.15) is 22.3 Å². The number of nitrogens with zero attached hydrogens (tertiary/aromatic N) is 2. The van der Waals surface area contributed by atoms with Gasteiger partial charge < -0.3 is 10.2 Å². The molecule has 0 amide bonds. The first kappa shape index (κ1) is 43.7. The normalized spacial score (nSPS) is 14.5. The third kappa shape index (κ3) is 10.8. The van der Waals surface area contributed by atoms with Gasteiger partial charge in [0.25, 0.3) is 0 Å². The van der Waals surface area contributed by atoms with Gasteiger partial charge in [-0.1, -0.05) is 60.7 Å². The summed E-state index contributed by atoms with van der Waals surface area (Å²) in [5, 5.41) is 37.8. The summed E-state index contributed by atoms with van der Waals surface area (Å²) in [6.45, 7) is 0. The van der Waals surface area contributed by atoms with E-state index in [0.29, 0.717) is 11.1 Å². The SMILES string of the molecule is NS(=O)(=O)c1ccc(O)c(N/N=C2\C(=O)C=Cc3ccccc32)c1.NS(=O)(=O)c1ccc(O)c(N/N=C2\C(=O)C=Cc3ccccc32)c1.[Co].[Na+].[Na+]. The zero-order valence-electron chi connectivity index (χ0n) is 26.9. The monoisotopic (exact) mass is 791 g/mol. The first-order chi connectivity index (χ1) is 22.7. The Hall–Kier alpha value is -3.43. The van der Waals surface area contributed by atoms with E-state index in [1.165, 1.54) is 36.4 Å². The number of hydrogen-bond acceptors (Lipinski definition) is 12. The van der Waals surface area contributed by atoms with Crippen molar-refractivity contribution in [3.05, 3.63) is 119 Å². The fourth-order valence-electron chi connectivity index (χ4n) is 4.50. The van der Waals surface area contributed by atoms with Gasteiger partial charge in [0.2, 0.25) is 31.6 Å². The maximum atomic E-state index is 12.1. The van der Waals surface area contributed by atoms with Crippen LogP contribution in [0.15, 0.2) is 117 Å².